The van der Waals surface area contributed by atoms with Gasteiger partial charge in [0.15, 0.2) is 0 Å². The van der Waals surface area contributed by atoms with Gasteiger partial charge in [-0.05, 0) is 57.4 Å². The summed E-state index contributed by atoms with van der Waals surface area (Å²) in [5.41, 5.74) is 0.897. The minimum atomic E-state index is -0.214. The molecule has 0 fully saturated rings. The van der Waals surface area contributed by atoms with Crippen molar-refractivity contribution in [3.63, 3.8) is 0 Å². The van der Waals surface area contributed by atoms with Gasteiger partial charge in [0.25, 0.3) is 0 Å². The molecule has 0 aliphatic carbocycles. The number of nitrogens with one attached hydrogen (secondary N) is 1. The molecule has 3 heteroatoms. The molecule has 1 aromatic carbocycles. The zero-order valence-electron chi connectivity index (χ0n) is 13.4. The molecule has 1 rings (SSSR count). The lowest BCUT2D eigenvalue weighted by molar-refractivity contribution is 0.190. The Bertz CT molecular complexity index is 406. The van der Waals surface area contributed by atoms with E-state index in [1.807, 2.05) is 6.92 Å². The van der Waals surface area contributed by atoms with Gasteiger partial charge in [0.1, 0.15) is 11.6 Å². The van der Waals surface area contributed by atoms with E-state index in [-0.39, 0.29) is 18.0 Å². The van der Waals surface area contributed by atoms with Gasteiger partial charge in [-0.15, -0.1) is 0 Å². The van der Waals surface area contributed by atoms with Crippen LogP contribution < -0.4 is 10.1 Å². The molecule has 0 aliphatic heterocycles. The van der Waals surface area contributed by atoms with Crippen molar-refractivity contribution in [2.45, 2.75) is 59.6 Å². The van der Waals surface area contributed by atoms with Gasteiger partial charge < -0.3 is 10.1 Å². The second kappa shape index (κ2) is 8.25. The van der Waals surface area contributed by atoms with Gasteiger partial charge in [0.2, 0.25) is 0 Å². The smallest absolute Gasteiger partial charge is 0.124 e. The Balaban J connectivity index is 2.83. The fourth-order valence-corrected chi connectivity index (χ4v) is 2.36. The lowest BCUT2D eigenvalue weighted by Gasteiger charge is -2.22. The number of ether oxygens (including phenoxy) is 1. The highest BCUT2D eigenvalue weighted by atomic mass is 19.1. The molecule has 0 aliphatic rings. The maximum Gasteiger partial charge on any atom is 0.124 e. The summed E-state index contributed by atoms with van der Waals surface area (Å²) in [6.07, 6.45) is 2.19. The summed E-state index contributed by atoms with van der Waals surface area (Å²) in [7, 11) is 0. The lowest BCUT2D eigenvalue weighted by atomic mass is 10.1. The summed E-state index contributed by atoms with van der Waals surface area (Å²) in [5, 5.41) is 3.38. The van der Waals surface area contributed by atoms with Crippen molar-refractivity contribution >= 4 is 0 Å². The highest BCUT2D eigenvalue weighted by Gasteiger charge is 2.15. The maximum atomic E-state index is 13.5. The van der Waals surface area contributed by atoms with Crippen LogP contribution in [0.4, 0.5) is 4.39 Å². The van der Waals surface area contributed by atoms with E-state index >= 15 is 0 Å². The van der Waals surface area contributed by atoms with E-state index in [1.165, 1.54) is 6.07 Å². The molecule has 0 spiro atoms. The van der Waals surface area contributed by atoms with Gasteiger partial charge in [0.05, 0.1) is 6.10 Å². The Morgan fingerprint density at radius 3 is 2.50 bits per heavy atom. The summed E-state index contributed by atoms with van der Waals surface area (Å²) in [6.45, 7) is 11.5. The van der Waals surface area contributed by atoms with Crippen LogP contribution in [-0.2, 0) is 0 Å². The van der Waals surface area contributed by atoms with Crippen LogP contribution in [-0.4, -0.2) is 12.6 Å². The topological polar surface area (TPSA) is 21.3 Å². The summed E-state index contributed by atoms with van der Waals surface area (Å²) in [5.74, 6) is 1.16. The van der Waals surface area contributed by atoms with Crippen molar-refractivity contribution in [2.75, 3.05) is 6.54 Å². The van der Waals surface area contributed by atoms with E-state index in [4.69, 9.17) is 4.74 Å². The predicted octanol–water partition coefficient (Wildman–Crippen LogP) is 4.70. The molecule has 2 nitrogen and oxygen atoms in total. The van der Waals surface area contributed by atoms with Crippen LogP contribution in [0.15, 0.2) is 18.2 Å². The second-order valence-corrected chi connectivity index (χ2v) is 5.92. The first-order valence-corrected chi connectivity index (χ1v) is 7.63. The van der Waals surface area contributed by atoms with E-state index in [2.05, 4.69) is 33.0 Å². The van der Waals surface area contributed by atoms with Crippen molar-refractivity contribution in [3.05, 3.63) is 29.6 Å². The average Bonchev–Trinajstić information content (AvgIpc) is 2.37. The Kier molecular flexibility index (Phi) is 7.00. The maximum absolute atomic E-state index is 13.5. The molecular weight excluding hydrogens is 253 g/mol. The minimum Gasteiger partial charge on any atom is -0.490 e. The van der Waals surface area contributed by atoms with E-state index < -0.39 is 0 Å². The molecule has 0 bridgehead atoms. The fourth-order valence-electron chi connectivity index (χ4n) is 2.36. The summed E-state index contributed by atoms with van der Waals surface area (Å²) < 4.78 is 19.5. The third-order valence-corrected chi connectivity index (χ3v) is 3.27. The Hall–Kier alpha value is -1.09. The summed E-state index contributed by atoms with van der Waals surface area (Å²) in [6, 6.07) is 4.87. The second-order valence-electron chi connectivity index (χ2n) is 5.92. The Morgan fingerprint density at radius 1 is 1.20 bits per heavy atom. The number of hydrogen-bond donors (Lipinski definition) is 1. The van der Waals surface area contributed by atoms with Gasteiger partial charge in [-0.25, -0.2) is 4.39 Å². The number of hydrogen-bond acceptors (Lipinski definition) is 2. The zero-order valence-corrected chi connectivity index (χ0v) is 13.4. The van der Waals surface area contributed by atoms with E-state index in [0.717, 1.165) is 30.7 Å². The third kappa shape index (κ3) is 5.49. The van der Waals surface area contributed by atoms with Crippen LogP contribution in [0, 0.1) is 11.7 Å². The largest absolute Gasteiger partial charge is 0.490 e. The van der Waals surface area contributed by atoms with Crippen LogP contribution in [0.5, 0.6) is 5.75 Å². The molecule has 0 amide bonds. The molecule has 0 heterocycles. The summed E-state index contributed by atoms with van der Waals surface area (Å²) >= 11 is 0. The molecule has 114 valence electrons. The van der Waals surface area contributed by atoms with Crippen molar-refractivity contribution in [1.29, 1.82) is 0 Å². The lowest BCUT2D eigenvalue weighted by Crippen LogP contribution is -2.22. The first kappa shape index (κ1) is 17.0. The SMILES string of the molecule is CCCNC(C)c1cc(F)ccc1OC(C)CC(C)C. The van der Waals surface area contributed by atoms with Crippen LogP contribution in [0.3, 0.4) is 0 Å². The first-order valence-electron chi connectivity index (χ1n) is 7.63. The third-order valence-electron chi connectivity index (χ3n) is 3.27. The molecule has 20 heavy (non-hydrogen) atoms. The normalized spacial score (nSPS) is 14.3. The van der Waals surface area contributed by atoms with E-state index in [0.29, 0.717) is 5.92 Å². The molecule has 2 unspecified atom stereocenters. The van der Waals surface area contributed by atoms with Gasteiger partial charge in [0, 0.05) is 11.6 Å². The fraction of sp³-hybridized carbons (Fsp3) is 0.647. The number of rotatable bonds is 8. The predicted molar refractivity (Wildman–Crippen MR) is 82.7 cm³/mol. The van der Waals surface area contributed by atoms with Gasteiger partial charge in [-0.1, -0.05) is 20.8 Å². The van der Waals surface area contributed by atoms with E-state index in [1.54, 1.807) is 12.1 Å². The van der Waals surface area contributed by atoms with Crippen molar-refractivity contribution in [1.82, 2.24) is 5.32 Å². The monoisotopic (exact) mass is 281 g/mol. The van der Waals surface area contributed by atoms with Crippen LogP contribution in [0.1, 0.15) is 59.1 Å². The number of halogens is 1. The highest BCUT2D eigenvalue weighted by Crippen LogP contribution is 2.28. The first-order chi connectivity index (χ1) is 9.43. The van der Waals surface area contributed by atoms with Crippen molar-refractivity contribution in [2.24, 2.45) is 5.92 Å². The standard InChI is InChI=1S/C17H28FNO/c1-6-9-19-14(5)16-11-15(18)7-8-17(16)20-13(4)10-12(2)3/h7-8,11-14,19H,6,9-10H2,1-5H3. The quantitative estimate of drug-likeness (QED) is 0.745. The number of benzene rings is 1. The molecule has 1 aromatic rings. The minimum absolute atomic E-state index is 0.0897. The van der Waals surface area contributed by atoms with E-state index in [9.17, 15) is 4.39 Å². The molecular formula is C17H28FNO. The van der Waals surface area contributed by atoms with Crippen molar-refractivity contribution in [3.8, 4) is 5.75 Å². The van der Waals surface area contributed by atoms with Crippen LogP contribution in [0.2, 0.25) is 0 Å². The molecule has 0 saturated carbocycles. The van der Waals surface area contributed by atoms with Gasteiger partial charge in [-0.3, -0.25) is 0 Å². The van der Waals surface area contributed by atoms with Crippen LogP contribution in [0.25, 0.3) is 0 Å². The van der Waals surface area contributed by atoms with Gasteiger partial charge in [-0.2, -0.15) is 0 Å². The molecule has 0 radical (unpaired) electrons. The Morgan fingerprint density at radius 2 is 1.90 bits per heavy atom. The molecule has 1 N–H and O–H groups in total. The molecule has 0 aromatic heterocycles. The molecule has 2 atom stereocenters. The highest BCUT2D eigenvalue weighted by molar-refractivity contribution is 5.36. The van der Waals surface area contributed by atoms with Crippen LogP contribution >= 0.6 is 0 Å². The summed E-state index contributed by atoms with van der Waals surface area (Å²) in [4.78, 5) is 0. The zero-order chi connectivity index (χ0) is 15.1. The van der Waals surface area contributed by atoms with Gasteiger partial charge >= 0.3 is 0 Å². The van der Waals surface area contributed by atoms with Crippen molar-refractivity contribution < 1.29 is 9.13 Å². The molecule has 0 saturated heterocycles. The average molecular weight is 281 g/mol. The Labute approximate surface area is 122 Å².